The number of rotatable bonds is 0. The monoisotopic (exact) mass is 193 g/mol. The number of nitrogens with one attached hydrogen (secondary N) is 1. The Labute approximate surface area is 70.5 Å². The maximum Gasteiger partial charge on any atom is 0.300 e. The lowest BCUT2D eigenvalue weighted by Gasteiger charge is -1.96. The van der Waals surface area contributed by atoms with E-state index in [-0.39, 0.29) is 6.04 Å². The van der Waals surface area contributed by atoms with Crippen molar-refractivity contribution < 1.29 is 8.42 Å². The summed E-state index contributed by atoms with van der Waals surface area (Å²) in [5, 5.41) is 5.02. The van der Waals surface area contributed by atoms with Crippen LogP contribution in [0.25, 0.3) is 0 Å². The van der Waals surface area contributed by atoms with E-state index >= 15 is 0 Å². The van der Waals surface area contributed by atoms with Gasteiger partial charge in [0, 0.05) is 15.9 Å². The van der Waals surface area contributed by atoms with Crippen molar-refractivity contribution in [3.8, 4) is 11.2 Å². The predicted molar refractivity (Wildman–Crippen MR) is 43.6 cm³/mol. The van der Waals surface area contributed by atoms with Gasteiger partial charge in [-0.3, -0.25) is 0 Å². The molecule has 0 saturated carbocycles. The van der Waals surface area contributed by atoms with Crippen LogP contribution in [-0.2, 0) is 9.05 Å². The molecular weight excluding hydrogens is 186 g/mol. The van der Waals surface area contributed by atoms with Crippen LogP contribution in [0.1, 0.15) is 12.8 Å². The lowest BCUT2D eigenvalue weighted by molar-refractivity contribution is 0.618. The minimum Gasteiger partial charge on any atom is -0.304 e. The summed E-state index contributed by atoms with van der Waals surface area (Å²) in [7, 11) is 1.24. The van der Waals surface area contributed by atoms with Crippen molar-refractivity contribution in [2.75, 3.05) is 6.54 Å². The van der Waals surface area contributed by atoms with Crippen LogP contribution in [0.3, 0.4) is 0 Å². The maximum atomic E-state index is 10.4. The number of halogens is 1. The van der Waals surface area contributed by atoms with Crippen LogP contribution in [0.2, 0.25) is 0 Å². The van der Waals surface area contributed by atoms with Gasteiger partial charge in [-0.2, -0.15) is 8.42 Å². The third-order valence-corrected chi connectivity index (χ3v) is 2.01. The van der Waals surface area contributed by atoms with Crippen LogP contribution in [0.5, 0.6) is 0 Å². The Balaban J connectivity index is 2.56. The highest BCUT2D eigenvalue weighted by Gasteiger charge is 2.10. The molecule has 0 spiro atoms. The van der Waals surface area contributed by atoms with E-state index in [1.807, 2.05) is 5.25 Å². The van der Waals surface area contributed by atoms with Gasteiger partial charge in [0.15, 0.2) is 0 Å². The van der Waals surface area contributed by atoms with Crippen LogP contribution in [0.15, 0.2) is 0 Å². The van der Waals surface area contributed by atoms with Gasteiger partial charge in [0.25, 0.3) is 0 Å². The Hall–Kier alpha value is -0.240. The number of hydrogen-bond donors (Lipinski definition) is 1. The molecule has 1 fully saturated rings. The molecule has 5 heteroatoms. The maximum absolute atomic E-state index is 10.4. The quantitative estimate of drug-likeness (QED) is 0.444. The molecule has 0 aromatic rings. The Morgan fingerprint density at radius 1 is 1.55 bits per heavy atom. The molecule has 3 nitrogen and oxygen atoms in total. The van der Waals surface area contributed by atoms with Crippen molar-refractivity contribution in [3.63, 3.8) is 0 Å². The summed E-state index contributed by atoms with van der Waals surface area (Å²) in [4.78, 5) is 0. The summed E-state index contributed by atoms with van der Waals surface area (Å²) in [5.41, 5.74) is 0. The van der Waals surface area contributed by atoms with E-state index in [9.17, 15) is 8.42 Å². The van der Waals surface area contributed by atoms with E-state index in [1.165, 1.54) is 0 Å². The van der Waals surface area contributed by atoms with Crippen molar-refractivity contribution in [3.05, 3.63) is 0 Å². The molecule has 1 unspecified atom stereocenters. The Bertz CT molecular complexity index is 281. The van der Waals surface area contributed by atoms with E-state index in [1.54, 1.807) is 0 Å². The summed E-state index contributed by atoms with van der Waals surface area (Å²) >= 11 is 0. The fraction of sp³-hybridized carbons (Fsp3) is 0.667. The van der Waals surface area contributed by atoms with Gasteiger partial charge in [0.05, 0.1) is 6.04 Å². The summed E-state index contributed by atoms with van der Waals surface area (Å²) in [6.45, 7) is 0.904. The molecule has 0 aliphatic carbocycles. The second kappa shape index (κ2) is 3.44. The van der Waals surface area contributed by atoms with E-state index in [0.29, 0.717) is 0 Å². The van der Waals surface area contributed by atoms with Crippen molar-refractivity contribution in [2.45, 2.75) is 18.9 Å². The van der Waals surface area contributed by atoms with Gasteiger partial charge in [-0.05, 0) is 19.4 Å². The standard InChI is InChI=1S/C6H8ClNO2S/c7-11(9,10)5-3-6-2-1-4-8-6/h6,8H,1-2,4H2. The normalized spacial score (nSPS) is 24.3. The lowest BCUT2D eigenvalue weighted by atomic mass is 10.2. The molecule has 1 N–H and O–H groups in total. The van der Waals surface area contributed by atoms with Gasteiger partial charge in [0.2, 0.25) is 0 Å². The minimum absolute atomic E-state index is 0.00326. The Kier molecular flexibility index (Phi) is 2.77. The molecule has 0 aromatic heterocycles. The fourth-order valence-electron chi connectivity index (χ4n) is 0.949. The van der Waals surface area contributed by atoms with E-state index in [2.05, 4.69) is 11.2 Å². The van der Waals surface area contributed by atoms with Crippen molar-refractivity contribution in [1.29, 1.82) is 0 Å². The van der Waals surface area contributed by atoms with Crippen LogP contribution >= 0.6 is 10.7 Å². The first kappa shape index (κ1) is 8.85. The molecule has 0 bridgehead atoms. The molecule has 1 aliphatic rings. The first-order chi connectivity index (χ1) is 5.08. The van der Waals surface area contributed by atoms with Crippen molar-refractivity contribution in [2.24, 2.45) is 0 Å². The second-order valence-electron chi connectivity index (χ2n) is 2.33. The van der Waals surface area contributed by atoms with E-state index in [0.717, 1.165) is 19.4 Å². The number of hydrogen-bond acceptors (Lipinski definition) is 3. The van der Waals surface area contributed by atoms with E-state index < -0.39 is 9.05 Å². The molecule has 1 saturated heterocycles. The van der Waals surface area contributed by atoms with Crippen LogP contribution in [-0.4, -0.2) is 21.0 Å². The molecule has 11 heavy (non-hydrogen) atoms. The zero-order valence-electron chi connectivity index (χ0n) is 5.80. The summed E-state index contributed by atoms with van der Waals surface area (Å²) < 4.78 is 20.7. The molecular formula is C6H8ClNO2S. The van der Waals surface area contributed by atoms with Gasteiger partial charge < -0.3 is 5.32 Å². The first-order valence-electron chi connectivity index (χ1n) is 3.28. The van der Waals surface area contributed by atoms with Gasteiger partial charge in [0.1, 0.15) is 0 Å². The lowest BCUT2D eigenvalue weighted by Crippen LogP contribution is -2.18. The molecule has 0 aromatic carbocycles. The molecule has 1 atom stereocenters. The third-order valence-electron chi connectivity index (χ3n) is 1.42. The smallest absolute Gasteiger partial charge is 0.300 e. The van der Waals surface area contributed by atoms with Gasteiger partial charge in [-0.1, -0.05) is 5.92 Å². The summed E-state index contributed by atoms with van der Waals surface area (Å²) in [6.07, 6.45) is 1.95. The van der Waals surface area contributed by atoms with Gasteiger partial charge in [-0.25, -0.2) is 0 Å². The Morgan fingerprint density at radius 3 is 2.73 bits per heavy atom. The van der Waals surface area contributed by atoms with E-state index in [4.69, 9.17) is 10.7 Å². The van der Waals surface area contributed by atoms with Crippen LogP contribution in [0, 0.1) is 11.2 Å². The highest BCUT2D eigenvalue weighted by molar-refractivity contribution is 8.17. The summed E-state index contributed by atoms with van der Waals surface area (Å²) in [6, 6.07) is 0.00326. The average Bonchev–Trinajstić information content (AvgIpc) is 2.32. The van der Waals surface area contributed by atoms with Crippen LogP contribution in [0.4, 0.5) is 0 Å². The van der Waals surface area contributed by atoms with Crippen molar-refractivity contribution in [1.82, 2.24) is 5.32 Å². The zero-order valence-corrected chi connectivity index (χ0v) is 7.37. The molecule has 0 radical (unpaired) electrons. The molecule has 62 valence electrons. The van der Waals surface area contributed by atoms with Crippen LogP contribution < -0.4 is 5.32 Å². The van der Waals surface area contributed by atoms with Gasteiger partial charge in [-0.15, -0.1) is 0 Å². The second-order valence-corrected chi connectivity index (χ2v) is 4.63. The Morgan fingerprint density at radius 2 is 2.27 bits per heavy atom. The third kappa shape index (κ3) is 3.61. The summed E-state index contributed by atoms with van der Waals surface area (Å²) in [5.74, 6) is 2.54. The molecule has 1 aliphatic heterocycles. The fourth-order valence-corrected chi connectivity index (χ4v) is 1.37. The van der Waals surface area contributed by atoms with Crippen molar-refractivity contribution >= 4 is 19.7 Å². The zero-order chi connectivity index (χ0) is 8.32. The highest BCUT2D eigenvalue weighted by atomic mass is 35.7. The minimum atomic E-state index is -3.64. The SMILES string of the molecule is O=S(=O)(Cl)C#CC1CCCN1. The predicted octanol–water partition coefficient (Wildman–Crippen LogP) is 0.268. The molecule has 1 rings (SSSR count). The topological polar surface area (TPSA) is 46.2 Å². The molecule has 1 heterocycles. The molecule has 0 amide bonds. The average molecular weight is 194 g/mol. The largest absolute Gasteiger partial charge is 0.304 e. The first-order valence-corrected chi connectivity index (χ1v) is 5.59. The van der Waals surface area contributed by atoms with Gasteiger partial charge >= 0.3 is 9.05 Å². The highest BCUT2D eigenvalue weighted by Crippen LogP contribution is 2.03.